The number of rotatable bonds is 4. The van der Waals surface area contributed by atoms with Crippen molar-refractivity contribution in [2.45, 2.75) is 37.3 Å². The van der Waals surface area contributed by atoms with Gasteiger partial charge in [-0.1, -0.05) is 6.07 Å². The predicted molar refractivity (Wildman–Crippen MR) is 90.3 cm³/mol. The summed E-state index contributed by atoms with van der Waals surface area (Å²) in [6.07, 6.45) is 3.43. The van der Waals surface area contributed by atoms with Crippen LogP contribution in [0.2, 0.25) is 0 Å². The van der Waals surface area contributed by atoms with Gasteiger partial charge in [0.25, 0.3) is 0 Å². The first-order valence-corrected chi connectivity index (χ1v) is 8.39. The van der Waals surface area contributed by atoms with E-state index in [-0.39, 0.29) is 11.7 Å². The Bertz CT molecular complexity index is 598. The van der Waals surface area contributed by atoms with Gasteiger partial charge in [-0.3, -0.25) is 4.99 Å². The second-order valence-electron chi connectivity index (χ2n) is 6.65. The van der Waals surface area contributed by atoms with Crippen molar-refractivity contribution >= 4 is 11.6 Å². The first-order chi connectivity index (χ1) is 11.5. The Balaban J connectivity index is 1.55. The summed E-state index contributed by atoms with van der Waals surface area (Å²) in [4.78, 5) is 5.88. The van der Waals surface area contributed by atoms with Gasteiger partial charge in [0.1, 0.15) is 17.3 Å². The highest BCUT2D eigenvalue weighted by Gasteiger charge is 2.34. The van der Waals surface area contributed by atoms with Crippen molar-refractivity contribution < 1.29 is 13.9 Å². The third-order valence-electron chi connectivity index (χ3n) is 4.88. The molecule has 3 rings (SSSR count). The van der Waals surface area contributed by atoms with Crippen molar-refractivity contribution in [3.8, 4) is 0 Å². The summed E-state index contributed by atoms with van der Waals surface area (Å²) in [6.45, 7) is 1.55. The van der Waals surface area contributed by atoms with Gasteiger partial charge in [0.2, 0.25) is 0 Å². The van der Waals surface area contributed by atoms with Crippen LogP contribution in [0.15, 0.2) is 23.2 Å². The van der Waals surface area contributed by atoms with Gasteiger partial charge in [-0.15, -0.1) is 0 Å². The molecule has 3 N–H and O–H groups in total. The molecule has 1 aromatic rings. The van der Waals surface area contributed by atoms with Gasteiger partial charge < -0.3 is 20.6 Å². The number of anilines is 1. The lowest BCUT2D eigenvalue weighted by Gasteiger charge is -2.37. The summed E-state index contributed by atoms with van der Waals surface area (Å²) >= 11 is 0. The molecule has 1 saturated heterocycles. The van der Waals surface area contributed by atoms with E-state index in [1.165, 1.54) is 18.2 Å². The minimum Gasteiger partial charge on any atom is -0.388 e. The third-order valence-corrected chi connectivity index (χ3v) is 4.88. The van der Waals surface area contributed by atoms with Crippen molar-refractivity contribution in [2.75, 3.05) is 31.6 Å². The van der Waals surface area contributed by atoms with Gasteiger partial charge in [-0.2, -0.15) is 0 Å². The fourth-order valence-corrected chi connectivity index (χ4v) is 3.27. The Labute approximate surface area is 140 Å². The van der Waals surface area contributed by atoms with E-state index in [2.05, 4.69) is 15.6 Å². The molecule has 132 valence electrons. The number of aliphatic hydroxyl groups is 1. The summed E-state index contributed by atoms with van der Waals surface area (Å²) in [6, 6.07) is 3.97. The van der Waals surface area contributed by atoms with E-state index in [4.69, 9.17) is 0 Å². The average molecular weight is 338 g/mol. The van der Waals surface area contributed by atoms with Gasteiger partial charge in [0, 0.05) is 32.7 Å². The van der Waals surface area contributed by atoms with Crippen LogP contribution in [0.25, 0.3) is 0 Å². The quantitative estimate of drug-likeness (QED) is 0.577. The van der Waals surface area contributed by atoms with Crippen molar-refractivity contribution in [3.63, 3.8) is 0 Å². The Morgan fingerprint density at radius 3 is 2.67 bits per heavy atom. The monoisotopic (exact) mass is 338 g/mol. The standard InChI is InChI=1S/C17H24F2N4O/c1-20-16(21-11-17(24)7-3-8-17)22-12-6-9-23(10-12)15-13(18)4-2-5-14(15)19/h2,4-5,12,24H,3,6-11H2,1H3,(H2,20,21,22). The van der Waals surface area contributed by atoms with Crippen molar-refractivity contribution in [1.82, 2.24) is 10.6 Å². The van der Waals surface area contributed by atoms with Crippen LogP contribution in [0.4, 0.5) is 14.5 Å². The normalized spacial score (nSPS) is 23.1. The molecule has 1 unspecified atom stereocenters. The van der Waals surface area contributed by atoms with Crippen LogP contribution >= 0.6 is 0 Å². The Hall–Kier alpha value is -1.89. The maximum absolute atomic E-state index is 13.9. The largest absolute Gasteiger partial charge is 0.388 e. The van der Waals surface area contributed by atoms with Gasteiger partial charge in [0.15, 0.2) is 5.96 Å². The van der Waals surface area contributed by atoms with E-state index in [9.17, 15) is 13.9 Å². The summed E-state index contributed by atoms with van der Waals surface area (Å²) < 4.78 is 27.8. The van der Waals surface area contributed by atoms with E-state index < -0.39 is 17.2 Å². The molecule has 1 aromatic carbocycles. The number of guanidine groups is 1. The molecule has 1 saturated carbocycles. The van der Waals surface area contributed by atoms with Gasteiger partial charge in [0.05, 0.1) is 5.60 Å². The minimum absolute atomic E-state index is 0.0357. The smallest absolute Gasteiger partial charge is 0.191 e. The zero-order valence-electron chi connectivity index (χ0n) is 13.9. The van der Waals surface area contributed by atoms with Crippen LogP contribution < -0.4 is 15.5 Å². The van der Waals surface area contributed by atoms with Crippen LogP contribution in [0.5, 0.6) is 0 Å². The molecule has 24 heavy (non-hydrogen) atoms. The Kier molecular flexibility index (Phi) is 4.89. The molecule has 0 bridgehead atoms. The number of benzene rings is 1. The molecule has 0 radical (unpaired) electrons. The van der Waals surface area contributed by atoms with Crippen LogP contribution in [0.1, 0.15) is 25.7 Å². The summed E-state index contributed by atoms with van der Waals surface area (Å²) in [7, 11) is 1.67. The molecular formula is C17H24F2N4O. The molecule has 0 aromatic heterocycles. The molecule has 1 aliphatic carbocycles. The second-order valence-corrected chi connectivity index (χ2v) is 6.65. The number of nitrogens with zero attached hydrogens (tertiary/aromatic N) is 2. The molecule has 2 aliphatic rings. The highest BCUT2D eigenvalue weighted by molar-refractivity contribution is 5.80. The molecule has 2 fully saturated rings. The molecule has 1 heterocycles. The summed E-state index contributed by atoms with van der Waals surface area (Å²) in [5, 5.41) is 16.5. The highest BCUT2D eigenvalue weighted by Crippen LogP contribution is 2.30. The van der Waals surface area contributed by atoms with Crippen LogP contribution in [0, 0.1) is 11.6 Å². The molecule has 1 aliphatic heterocycles. The molecule has 0 spiro atoms. The Morgan fingerprint density at radius 2 is 2.08 bits per heavy atom. The SMILES string of the molecule is CN=C(NCC1(O)CCC1)NC1CCN(c2c(F)cccc2F)C1. The van der Waals surface area contributed by atoms with E-state index in [0.717, 1.165) is 25.7 Å². The number of para-hydroxylation sites is 1. The van der Waals surface area contributed by atoms with Crippen molar-refractivity contribution in [1.29, 1.82) is 0 Å². The van der Waals surface area contributed by atoms with Gasteiger partial charge >= 0.3 is 0 Å². The van der Waals surface area contributed by atoms with E-state index >= 15 is 0 Å². The topological polar surface area (TPSA) is 59.9 Å². The average Bonchev–Trinajstić information content (AvgIpc) is 2.97. The van der Waals surface area contributed by atoms with E-state index in [1.807, 2.05) is 0 Å². The number of hydrogen-bond donors (Lipinski definition) is 3. The van der Waals surface area contributed by atoms with Gasteiger partial charge in [-0.05, 0) is 37.8 Å². The molecule has 7 heteroatoms. The highest BCUT2D eigenvalue weighted by atomic mass is 19.1. The first-order valence-electron chi connectivity index (χ1n) is 8.39. The van der Waals surface area contributed by atoms with E-state index in [1.54, 1.807) is 11.9 Å². The zero-order chi connectivity index (χ0) is 17.2. The molecular weight excluding hydrogens is 314 g/mol. The number of nitrogens with one attached hydrogen (secondary N) is 2. The minimum atomic E-state index is -0.629. The van der Waals surface area contributed by atoms with Crippen molar-refractivity contribution in [2.24, 2.45) is 4.99 Å². The lowest BCUT2D eigenvalue weighted by molar-refractivity contribution is -0.0279. The maximum Gasteiger partial charge on any atom is 0.191 e. The second kappa shape index (κ2) is 6.93. The molecule has 5 nitrogen and oxygen atoms in total. The first kappa shape index (κ1) is 17.0. The lowest BCUT2D eigenvalue weighted by Crippen LogP contribution is -2.52. The van der Waals surface area contributed by atoms with Crippen molar-refractivity contribution in [3.05, 3.63) is 29.8 Å². The Morgan fingerprint density at radius 1 is 1.38 bits per heavy atom. The lowest BCUT2D eigenvalue weighted by atomic mass is 9.80. The van der Waals surface area contributed by atoms with Crippen LogP contribution in [-0.4, -0.2) is 49.4 Å². The maximum atomic E-state index is 13.9. The fraction of sp³-hybridized carbons (Fsp3) is 0.588. The van der Waals surface area contributed by atoms with Crippen LogP contribution in [-0.2, 0) is 0 Å². The number of aliphatic imine (C=N–C) groups is 1. The molecule has 1 atom stereocenters. The number of hydrogen-bond acceptors (Lipinski definition) is 3. The summed E-state index contributed by atoms with van der Waals surface area (Å²) in [5.74, 6) is -0.466. The molecule has 0 amide bonds. The zero-order valence-corrected chi connectivity index (χ0v) is 13.9. The van der Waals surface area contributed by atoms with Gasteiger partial charge in [-0.25, -0.2) is 8.78 Å². The number of halogens is 2. The van der Waals surface area contributed by atoms with Crippen LogP contribution in [0.3, 0.4) is 0 Å². The fourth-order valence-electron chi connectivity index (χ4n) is 3.27. The third kappa shape index (κ3) is 3.61. The summed E-state index contributed by atoms with van der Waals surface area (Å²) in [5.41, 5.74) is -0.594. The van der Waals surface area contributed by atoms with E-state index in [0.29, 0.717) is 25.6 Å². The predicted octanol–water partition coefficient (Wildman–Crippen LogP) is 1.62.